The Morgan fingerprint density at radius 3 is 2.81 bits per heavy atom. The van der Waals surface area contributed by atoms with Crippen LogP contribution in [0.4, 0.5) is 0 Å². The zero-order valence-corrected chi connectivity index (χ0v) is 15.7. The van der Waals surface area contributed by atoms with Crippen LogP contribution in [-0.2, 0) is 23.8 Å². The maximum Gasteiger partial charge on any atom is 0.247 e. The van der Waals surface area contributed by atoms with Gasteiger partial charge in [-0.05, 0) is 61.4 Å². The highest BCUT2D eigenvalue weighted by Gasteiger charge is 2.32. The summed E-state index contributed by atoms with van der Waals surface area (Å²) in [6, 6.07) is 5.98. The van der Waals surface area contributed by atoms with Gasteiger partial charge in [0.1, 0.15) is 17.6 Å². The molecule has 2 aromatic heterocycles. The molecule has 3 aromatic rings. The molecule has 26 heavy (non-hydrogen) atoms. The predicted octanol–water partition coefficient (Wildman–Crippen LogP) is 1.66. The number of hydrogen-bond acceptors (Lipinski definition) is 5. The molecule has 8 heteroatoms. The molecule has 138 valence electrons. The van der Waals surface area contributed by atoms with Crippen LogP contribution in [0, 0.1) is 0 Å². The van der Waals surface area contributed by atoms with Crippen LogP contribution in [0.25, 0.3) is 10.9 Å². The number of nitrogens with zero attached hydrogens (tertiary/aromatic N) is 5. The summed E-state index contributed by atoms with van der Waals surface area (Å²) >= 11 is 0. The number of aromatic nitrogens is 5. The first-order valence-electron chi connectivity index (χ1n) is 8.49. The van der Waals surface area contributed by atoms with Gasteiger partial charge in [-0.15, -0.1) is 5.10 Å². The van der Waals surface area contributed by atoms with Crippen LogP contribution in [0.5, 0.6) is 5.75 Å². The third-order valence-corrected chi connectivity index (χ3v) is 4.66. The van der Waals surface area contributed by atoms with Crippen LogP contribution >= 0.6 is 0 Å². The third kappa shape index (κ3) is 3.26. The fraction of sp³-hybridized carbons (Fsp3) is 0.444. The average molecular weight is 356 g/mol. The number of carbonyl (C=O) groups is 1. The van der Waals surface area contributed by atoms with E-state index in [1.165, 1.54) is 11.0 Å². The number of nitrogens with one attached hydrogen (secondary N) is 1. The van der Waals surface area contributed by atoms with E-state index < -0.39 is 5.54 Å². The van der Waals surface area contributed by atoms with Crippen LogP contribution in [0.1, 0.15) is 26.3 Å². The first-order chi connectivity index (χ1) is 12.3. The number of amides is 1. The van der Waals surface area contributed by atoms with Crippen LogP contribution in [0.2, 0.25) is 0 Å². The van der Waals surface area contributed by atoms with Gasteiger partial charge < -0.3 is 14.6 Å². The van der Waals surface area contributed by atoms with E-state index in [4.69, 9.17) is 4.74 Å². The topological polar surface area (TPSA) is 86.9 Å². The van der Waals surface area contributed by atoms with Gasteiger partial charge in [0.15, 0.2) is 0 Å². The minimum Gasteiger partial charge on any atom is -0.497 e. The van der Waals surface area contributed by atoms with Gasteiger partial charge in [0.05, 0.1) is 7.11 Å². The van der Waals surface area contributed by atoms with E-state index in [0.717, 1.165) is 22.2 Å². The molecule has 0 unspecified atom stereocenters. The zero-order valence-electron chi connectivity index (χ0n) is 15.7. The summed E-state index contributed by atoms with van der Waals surface area (Å²) in [5.74, 6) is 0.691. The van der Waals surface area contributed by atoms with Crippen molar-refractivity contribution in [1.82, 2.24) is 30.1 Å². The van der Waals surface area contributed by atoms with Gasteiger partial charge in [-0.1, -0.05) is 0 Å². The summed E-state index contributed by atoms with van der Waals surface area (Å²) in [5, 5.41) is 15.3. The second-order valence-corrected chi connectivity index (χ2v) is 7.04. The first kappa shape index (κ1) is 17.9. The number of tetrazole rings is 1. The molecular weight excluding hydrogens is 332 g/mol. The number of ether oxygens (including phenoxy) is 1. The molecule has 0 fully saturated rings. The first-order valence-corrected chi connectivity index (χ1v) is 8.49. The van der Waals surface area contributed by atoms with Gasteiger partial charge in [-0.2, -0.15) is 0 Å². The van der Waals surface area contributed by atoms with Crippen molar-refractivity contribution >= 4 is 16.8 Å². The van der Waals surface area contributed by atoms with Gasteiger partial charge in [0.2, 0.25) is 5.91 Å². The summed E-state index contributed by atoms with van der Waals surface area (Å²) in [5.41, 5.74) is 1.43. The van der Waals surface area contributed by atoms with E-state index in [9.17, 15) is 4.79 Å². The van der Waals surface area contributed by atoms with Crippen LogP contribution in [0.3, 0.4) is 0 Å². The van der Waals surface area contributed by atoms with Crippen molar-refractivity contribution in [2.75, 3.05) is 7.11 Å². The lowest BCUT2D eigenvalue weighted by molar-refractivity contribution is -0.129. The van der Waals surface area contributed by atoms with Crippen molar-refractivity contribution in [2.45, 2.75) is 38.8 Å². The van der Waals surface area contributed by atoms with Crippen molar-refractivity contribution in [3.63, 3.8) is 0 Å². The molecule has 0 saturated carbocycles. The SMILES string of the molecule is COc1ccc2c(c1)c(C[C@H](C)NC(=O)C(C)(C)n1cnnn1)cn2C. The monoisotopic (exact) mass is 356 g/mol. The molecule has 0 aliphatic carbocycles. The highest BCUT2D eigenvalue weighted by molar-refractivity contribution is 5.86. The third-order valence-electron chi connectivity index (χ3n) is 4.66. The van der Waals surface area contributed by atoms with Gasteiger partial charge >= 0.3 is 0 Å². The molecule has 1 atom stereocenters. The number of benzene rings is 1. The maximum atomic E-state index is 12.7. The molecule has 0 saturated heterocycles. The molecule has 3 rings (SSSR count). The molecule has 0 spiro atoms. The van der Waals surface area contributed by atoms with Crippen LogP contribution in [0.15, 0.2) is 30.7 Å². The Morgan fingerprint density at radius 1 is 1.38 bits per heavy atom. The minimum atomic E-state index is -0.861. The molecule has 1 N–H and O–H groups in total. The fourth-order valence-electron chi connectivity index (χ4n) is 3.05. The number of fused-ring (bicyclic) bond motifs is 1. The van der Waals surface area contributed by atoms with Crippen LogP contribution < -0.4 is 10.1 Å². The Labute approximate surface area is 152 Å². The molecule has 0 radical (unpaired) electrons. The Bertz CT molecular complexity index is 913. The summed E-state index contributed by atoms with van der Waals surface area (Å²) in [7, 11) is 3.68. The average Bonchev–Trinajstić information content (AvgIpc) is 3.24. The molecule has 1 amide bonds. The lowest BCUT2D eigenvalue weighted by atomic mass is 10.0. The van der Waals surface area contributed by atoms with Crippen molar-refractivity contribution < 1.29 is 9.53 Å². The Hall–Kier alpha value is -2.90. The normalized spacial score (nSPS) is 13.0. The zero-order chi connectivity index (χ0) is 18.9. The highest BCUT2D eigenvalue weighted by atomic mass is 16.5. The number of carbonyl (C=O) groups excluding carboxylic acids is 1. The predicted molar refractivity (Wildman–Crippen MR) is 97.9 cm³/mol. The highest BCUT2D eigenvalue weighted by Crippen LogP contribution is 2.26. The van der Waals surface area contributed by atoms with Crippen molar-refractivity contribution in [2.24, 2.45) is 7.05 Å². The molecular formula is C18H24N6O2. The summed E-state index contributed by atoms with van der Waals surface area (Å²) in [6.07, 6.45) is 4.25. The van der Waals surface area contributed by atoms with Gasteiger partial charge in [0, 0.05) is 30.2 Å². The van der Waals surface area contributed by atoms with E-state index in [1.54, 1.807) is 21.0 Å². The van der Waals surface area contributed by atoms with Gasteiger partial charge in [-0.3, -0.25) is 4.79 Å². The fourth-order valence-corrected chi connectivity index (χ4v) is 3.05. The van der Waals surface area contributed by atoms with E-state index in [1.807, 2.05) is 32.2 Å². The minimum absolute atomic E-state index is 0.0462. The Morgan fingerprint density at radius 2 is 2.15 bits per heavy atom. The molecule has 2 heterocycles. The summed E-state index contributed by atoms with van der Waals surface area (Å²) in [4.78, 5) is 12.7. The summed E-state index contributed by atoms with van der Waals surface area (Å²) < 4.78 is 8.88. The van der Waals surface area contributed by atoms with E-state index in [-0.39, 0.29) is 11.9 Å². The molecule has 8 nitrogen and oxygen atoms in total. The number of aryl methyl sites for hydroxylation is 1. The lowest BCUT2D eigenvalue weighted by Gasteiger charge is -2.25. The lowest BCUT2D eigenvalue weighted by Crippen LogP contribution is -2.48. The molecule has 0 aliphatic rings. The Balaban J connectivity index is 1.77. The largest absolute Gasteiger partial charge is 0.497 e. The van der Waals surface area contributed by atoms with Crippen molar-refractivity contribution in [3.05, 3.63) is 36.3 Å². The van der Waals surface area contributed by atoms with Crippen molar-refractivity contribution in [1.29, 1.82) is 0 Å². The van der Waals surface area contributed by atoms with Gasteiger partial charge in [0.25, 0.3) is 0 Å². The quantitative estimate of drug-likeness (QED) is 0.726. The number of methoxy groups -OCH3 is 1. The van der Waals surface area contributed by atoms with E-state index >= 15 is 0 Å². The number of hydrogen-bond donors (Lipinski definition) is 1. The molecule has 1 aromatic carbocycles. The van der Waals surface area contributed by atoms with Crippen LogP contribution in [-0.4, -0.2) is 43.8 Å². The van der Waals surface area contributed by atoms with E-state index in [0.29, 0.717) is 6.42 Å². The van der Waals surface area contributed by atoms with E-state index in [2.05, 4.69) is 31.6 Å². The maximum absolute atomic E-state index is 12.7. The second kappa shape index (κ2) is 6.78. The number of rotatable bonds is 6. The molecule has 0 bridgehead atoms. The smallest absolute Gasteiger partial charge is 0.247 e. The summed E-state index contributed by atoms with van der Waals surface area (Å²) in [6.45, 7) is 5.56. The van der Waals surface area contributed by atoms with Gasteiger partial charge in [-0.25, -0.2) is 4.68 Å². The second-order valence-electron chi connectivity index (χ2n) is 7.04. The standard InChI is InChI=1S/C18H24N6O2/c1-12(20-17(25)18(2,3)24-11-19-21-22-24)8-13-10-23(4)16-7-6-14(26-5)9-15(13)16/h6-7,9-12H,8H2,1-5H3,(H,20,25)/t12-/m0/s1. The Kier molecular flexibility index (Phi) is 4.67. The molecule has 0 aliphatic heterocycles. The van der Waals surface area contributed by atoms with Crippen molar-refractivity contribution in [3.8, 4) is 5.75 Å².